The van der Waals surface area contributed by atoms with Crippen LogP contribution in [0.1, 0.15) is 41.0 Å². The first kappa shape index (κ1) is 16.7. The number of ether oxygens (including phenoxy) is 1. The standard InChI is InChI=1S/C16H18N2O5/c1-3-10(2)17-13(19)9-23-14(20)8-18-15(21)11-6-4-5-7-12(11)16(18)22/h4-7,10H,3,8-9H2,1-2H3,(H,17,19). The van der Waals surface area contributed by atoms with Gasteiger partial charge in [-0.3, -0.25) is 24.1 Å². The van der Waals surface area contributed by atoms with Crippen LogP contribution in [0.3, 0.4) is 0 Å². The molecule has 1 aromatic carbocycles. The Morgan fingerprint density at radius 1 is 1.17 bits per heavy atom. The highest BCUT2D eigenvalue weighted by Gasteiger charge is 2.36. The van der Waals surface area contributed by atoms with Crippen LogP contribution in [-0.2, 0) is 14.3 Å². The molecule has 1 N–H and O–H groups in total. The van der Waals surface area contributed by atoms with Crippen LogP contribution in [0.4, 0.5) is 0 Å². The first-order chi connectivity index (χ1) is 10.9. The van der Waals surface area contributed by atoms with Crippen LogP contribution in [0.25, 0.3) is 0 Å². The van der Waals surface area contributed by atoms with Gasteiger partial charge >= 0.3 is 5.97 Å². The Bertz CT molecular complexity index is 621. The molecule has 122 valence electrons. The summed E-state index contributed by atoms with van der Waals surface area (Å²) < 4.78 is 4.81. The van der Waals surface area contributed by atoms with E-state index in [4.69, 9.17) is 4.74 Å². The molecule has 1 heterocycles. The zero-order valence-corrected chi connectivity index (χ0v) is 13.0. The highest BCUT2D eigenvalue weighted by atomic mass is 16.5. The van der Waals surface area contributed by atoms with Gasteiger partial charge in [-0.1, -0.05) is 19.1 Å². The predicted molar refractivity (Wildman–Crippen MR) is 80.7 cm³/mol. The molecule has 0 saturated carbocycles. The van der Waals surface area contributed by atoms with Crippen LogP contribution in [0.2, 0.25) is 0 Å². The van der Waals surface area contributed by atoms with Crippen molar-refractivity contribution in [2.75, 3.05) is 13.2 Å². The number of nitrogens with one attached hydrogen (secondary N) is 1. The second-order valence-electron chi connectivity index (χ2n) is 5.28. The Balaban J connectivity index is 1.88. The van der Waals surface area contributed by atoms with Crippen molar-refractivity contribution in [3.05, 3.63) is 35.4 Å². The van der Waals surface area contributed by atoms with Crippen molar-refractivity contribution >= 4 is 23.7 Å². The summed E-state index contributed by atoms with van der Waals surface area (Å²) in [5.74, 6) is -2.30. The molecule has 7 heteroatoms. The molecule has 2 rings (SSSR count). The molecular formula is C16H18N2O5. The number of fused-ring (bicyclic) bond motifs is 1. The van der Waals surface area contributed by atoms with Crippen molar-refractivity contribution in [3.8, 4) is 0 Å². The van der Waals surface area contributed by atoms with E-state index in [2.05, 4.69) is 5.32 Å². The zero-order chi connectivity index (χ0) is 17.0. The van der Waals surface area contributed by atoms with Crippen molar-refractivity contribution in [1.29, 1.82) is 0 Å². The molecule has 23 heavy (non-hydrogen) atoms. The predicted octanol–water partition coefficient (Wildman–Crippen LogP) is 0.740. The fourth-order valence-corrected chi connectivity index (χ4v) is 2.12. The largest absolute Gasteiger partial charge is 0.454 e. The summed E-state index contributed by atoms with van der Waals surface area (Å²) in [6.45, 7) is 2.80. The van der Waals surface area contributed by atoms with Gasteiger partial charge in [0.05, 0.1) is 11.1 Å². The number of amides is 3. The van der Waals surface area contributed by atoms with E-state index in [9.17, 15) is 19.2 Å². The zero-order valence-electron chi connectivity index (χ0n) is 13.0. The molecule has 3 amide bonds. The Hall–Kier alpha value is -2.70. The summed E-state index contributed by atoms with van der Waals surface area (Å²) in [5, 5.41) is 2.65. The van der Waals surface area contributed by atoms with E-state index in [1.165, 1.54) is 12.1 Å². The summed E-state index contributed by atoms with van der Waals surface area (Å²) in [6.07, 6.45) is 0.759. The van der Waals surface area contributed by atoms with Crippen LogP contribution in [0, 0.1) is 0 Å². The number of rotatable bonds is 6. The number of hydrogen-bond donors (Lipinski definition) is 1. The Kier molecular flexibility index (Phi) is 5.10. The second-order valence-corrected chi connectivity index (χ2v) is 5.28. The maximum absolute atomic E-state index is 12.1. The minimum Gasteiger partial charge on any atom is -0.454 e. The monoisotopic (exact) mass is 318 g/mol. The molecule has 0 saturated heterocycles. The summed E-state index contributed by atoms with van der Waals surface area (Å²) >= 11 is 0. The molecule has 1 aromatic rings. The number of carbonyl (C=O) groups excluding carboxylic acids is 4. The molecule has 1 atom stereocenters. The number of benzene rings is 1. The van der Waals surface area contributed by atoms with Crippen molar-refractivity contribution in [2.45, 2.75) is 26.3 Å². The summed E-state index contributed by atoms with van der Waals surface area (Å²) in [4.78, 5) is 48.3. The van der Waals surface area contributed by atoms with E-state index in [-0.39, 0.29) is 17.2 Å². The molecule has 1 aliphatic heterocycles. The third-order valence-electron chi connectivity index (χ3n) is 3.55. The van der Waals surface area contributed by atoms with E-state index in [1.54, 1.807) is 12.1 Å². The van der Waals surface area contributed by atoms with Gasteiger partial charge in [-0.15, -0.1) is 0 Å². The van der Waals surface area contributed by atoms with Gasteiger partial charge in [0, 0.05) is 6.04 Å². The summed E-state index contributed by atoms with van der Waals surface area (Å²) in [5.41, 5.74) is 0.527. The maximum atomic E-state index is 12.1. The molecule has 0 aromatic heterocycles. The number of carbonyl (C=O) groups is 4. The minimum atomic E-state index is -0.807. The van der Waals surface area contributed by atoms with Gasteiger partial charge in [-0.05, 0) is 25.5 Å². The third-order valence-corrected chi connectivity index (χ3v) is 3.55. The van der Waals surface area contributed by atoms with E-state index in [0.717, 1.165) is 11.3 Å². The number of esters is 1. The van der Waals surface area contributed by atoms with Crippen molar-refractivity contribution in [3.63, 3.8) is 0 Å². The van der Waals surface area contributed by atoms with Crippen LogP contribution in [0.15, 0.2) is 24.3 Å². The lowest BCUT2D eigenvalue weighted by Gasteiger charge is -2.14. The fourth-order valence-electron chi connectivity index (χ4n) is 2.12. The molecule has 7 nitrogen and oxygen atoms in total. The van der Waals surface area contributed by atoms with Gasteiger partial charge in [0.15, 0.2) is 6.61 Å². The molecule has 1 aliphatic rings. The normalized spacial score (nSPS) is 14.4. The van der Waals surface area contributed by atoms with Crippen LogP contribution >= 0.6 is 0 Å². The summed E-state index contributed by atoms with van der Waals surface area (Å²) in [6, 6.07) is 6.33. The molecule has 0 fully saturated rings. The topological polar surface area (TPSA) is 92.8 Å². The molecule has 0 radical (unpaired) electrons. The summed E-state index contributed by atoms with van der Waals surface area (Å²) in [7, 11) is 0. The number of hydrogen-bond acceptors (Lipinski definition) is 5. The van der Waals surface area contributed by atoms with Crippen LogP contribution < -0.4 is 5.32 Å². The first-order valence-electron chi connectivity index (χ1n) is 7.34. The molecule has 0 bridgehead atoms. The lowest BCUT2D eigenvalue weighted by atomic mass is 10.1. The van der Waals surface area contributed by atoms with E-state index in [0.29, 0.717) is 0 Å². The average Bonchev–Trinajstić information content (AvgIpc) is 2.78. The number of imide groups is 1. The molecule has 0 aliphatic carbocycles. The van der Waals surface area contributed by atoms with Crippen molar-refractivity contribution in [2.24, 2.45) is 0 Å². The van der Waals surface area contributed by atoms with Gasteiger partial charge < -0.3 is 10.1 Å². The molecule has 1 unspecified atom stereocenters. The number of nitrogens with zero attached hydrogens (tertiary/aromatic N) is 1. The second kappa shape index (κ2) is 7.04. The Morgan fingerprint density at radius 3 is 2.26 bits per heavy atom. The SMILES string of the molecule is CCC(C)NC(=O)COC(=O)CN1C(=O)c2ccccc2C1=O. The lowest BCUT2D eigenvalue weighted by molar-refractivity contribution is -0.148. The van der Waals surface area contributed by atoms with Gasteiger partial charge in [-0.25, -0.2) is 0 Å². The highest BCUT2D eigenvalue weighted by molar-refractivity contribution is 6.22. The van der Waals surface area contributed by atoms with E-state index >= 15 is 0 Å². The smallest absolute Gasteiger partial charge is 0.326 e. The van der Waals surface area contributed by atoms with Crippen LogP contribution in [-0.4, -0.2) is 47.8 Å². The first-order valence-corrected chi connectivity index (χ1v) is 7.34. The van der Waals surface area contributed by atoms with Gasteiger partial charge in [-0.2, -0.15) is 0 Å². The van der Waals surface area contributed by atoms with E-state index < -0.39 is 36.8 Å². The van der Waals surface area contributed by atoms with Crippen molar-refractivity contribution < 1.29 is 23.9 Å². The Labute approximate surface area is 133 Å². The Morgan fingerprint density at radius 2 is 1.74 bits per heavy atom. The fraction of sp³-hybridized carbons (Fsp3) is 0.375. The lowest BCUT2D eigenvalue weighted by Crippen LogP contribution is -2.38. The van der Waals surface area contributed by atoms with Crippen LogP contribution in [0.5, 0.6) is 0 Å². The minimum absolute atomic E-state index is 0.0163. The molecular weight excluding hydrogens is 300 g/mol. The maximum Gasteiger partial charge on any atom is 0.326 e. The molecule has 0 spiro atoms. The highest BCUT2D eigenvalue weighted by Crippen LogP contribution is 2.21. The van der Waals surface area contributed by atoms with Gasteiger partial charge in [0.25, 0.3) is 17.7 Å². The third kappa shape index (κ3) is 3.74. The average molecular weight is 318 g/mol. The quantitative estimate of drug-likeness (QED) is 0.617. The van der Waals surface area contributed by atoms with Gasteiger partial charge in [0.2, 0.25) is 0 Å². The van der Waals surface area contributed by atoms with E-state index in [1.807, 2.05) is 13.8 Å². The van der Waals surface area contributed by atoms with Gasteiger partial charge in [0.1, 0.15) is 6.54 Å². The van der Waals surface area contributed by atoms with Crippen molar-refractivity contribution in [1.82, 2.24) is 10.2 Å².